The highest BCUT2D eigenvalue weighted by molar-refractivity contribution is 7.13. The fraction of sp³-hybridized carbons (Fsp3) is 0.100. The first kappa shape index (κ1) is 17.0. The quantitative estimate of drug-likeness (QED) is 0.698. The van der Waals surface area contributed by atoms with Crippen LogP contribution >= 0.6 is 11.3 Å². The van der Waals surface area contributed by atoms with Crippen molar-refractivity contribution in [1.29, 1.82) is 0 Å². The number of halogens is 1. The first-order valence-corrected chi connectivity index (χ1v) is 8.56. The Labute approximate surface area is 149 Å². The van der Waals surface area contributed by atoms with E-state index in [2.05, 4.69) is 4.98 Å². The van der Waals surface area contributed by atoms with Crippen molar-refractivity contribution in [3.63, 3.8) is 0 Å². The van der Waals surface area contributed by atoms with Crippen LogP contribution in [-0.2, 0) is 11.2 Å². The lowest BCUT2D eigenvalue weighted by atomic mass is 10.1. The molecule has 0 spiro atoms. The van der Waals surface area contributed by atoms with E-state index in [4.69, 9.17) is 5.11 Å². The number of carboxylic acids is 1. The molecule has 1 aromatic heterocycles. The van der Waals surface area contributed by atoms with Crippen LogP contribution in [0.25, 0.3) is 23.4 Å². The molecule has 5 heteroatoms. The van der Waals surface area contributed by atoms with E-state index in [1.807, 2.05) is 31.2 Å². The lowest BCUT2D eigenvalue weighted by molar-refractivity contribution is -0.136. The van der Waals surface area contributed by atoms with Gasteiger partial charge in [0.15, 0.2) is 0 Å². The minimum absolute atomic E-state index is 0.0889. The van der Waals surface area contributed by atoms with Gasteiger partial charge in [0.1, 0.15) is 10.8 Å². The summed E-state index contributed by atoms with van der Waals surface area (Å²) in [4.78, 5) is 16.4. The fourth-order valence-electron chi connectivity index (χ4n) is 2.41. The van der Waals surface area contributed by atoms with Crippen molar-refractivity contribution in [1.82, 2.24) is 4.98 Å². The Morgan fingerprint density at radius 2 is 1.88 bits per heavy atom. The molecule has 25 heavy (non-hydrogen) atoms. The van der Waals surface area contributed by atoms with Crippen LogP contribution in [0.2, 0.25) is 0 Å². The maximum absolute atomic E-state index is 13.7. The van der Waals surface area contributed by atoms with Gasteiger partial charge in [-0.1, -0.05) is 48.0 Å². The largest absolute Gasteiger partial charge is 0.481 e. The molecule has 0 fully saturated rings. The van der Waals surface area contributed by atoms with E-state index >= 15 is 0 Å². The molecule has 0 amide bonds. The monoisotopic (exact) mass is 353 g/mol. The van der Waals surface area contributed by atoms with E-state index in [-0.39, 0.29) is 12.2 Å². The van der Waals surface area contributed by atoms with Crippen LogP contribution in [0.5, 0.6) is 0 Å². The summed E-state index contributed by atoms with van der Waals surface area (Å²) in [5.74, 6) is -1.21. The molecule has 3 rings (SSSR count). The highest BCUT2D eigenvalue weighted by Gasteiger charge is 2.14. The van der Waals surface area contributed by atoms with Crippen molar-refractivity contribution in [2.75, 3.05) is 0 Å². The third-order valence-corrected chi connectivity index (χ3v) is 4.68. The first-order valence-electron chi connectivity index (χ1n) is 7.74. The topological polar surface area (TPSA) is 50.2 Å². The van der Waals surface area contributed by atoms with Crippen LogP contribution in [0, 0.1) is 12.7 Å². The Balaban J connectivity index is 1.97. The summed E-state index contributed by atoms with van der Waals surface area (Å²) in [6, 6.07) is 14.3. The number of hydrogen-bond donors (Lipinski definition) is 1. The molecular formula is C20H16FNO2S. The smallest absolute Gasteiger partial charge is 0.308 e. The second-order valence-electron chi connectivity index (χ2n) is 5.62. The number of carboxylic acid groups (broad SMARTS) is 1. The van der Waals surface area contributed by atoms with E-state index in [1.54, 1.807) is 30.4 Å². The Morgan fingerprint density at radius 3 is 2.56 bits per heavy atom. The molecule has 0 unspecified atom stereocenters. The van der Waals surface area contributed by atoms with E-state index < -0.39 is 5.97 Å². The number of thiazole rings is 1. The van der Waals surface area contributed by atoms with Gasteiger partial charge in [-0.05, 0) is 25.1 Å². The van der Waals surface area contributed by atoms with Crippen LogP contribution in [0.1, 0.15) is 21.0 Å². The summed E-state index contributed by atoms with van der Waals surface area (Å²) >= 11 is 1.31. The van der Waals surface area contributed by atoms with Gasteiger partial charge in [0.2, 0.25) is 0 Å². The molecule has 0 aliphatic heterocycles. The summed E-state index contributed by atoms with van der Waals surface area (Å²) in [5, 5.41) is 9.80. The third kappa shape index (κ3) is 4.19. The van der Waals surface area contributed by atoms with E-state index in [0.29, 0.717) is 21.1 Å². The minimum Gasteiger partial charge on any atom is -0.481 e. The van der Waals surface area contributed by atoms with E-state index in [1.165, 1.54) is 17.4 Å². The summed E-state index contributed by atoms with van der Waals surface area (Å²) in [6.45, 7) is 1.99. The van der Waals surface area contributed by atoms with Crippen LogP contribution in [-0.4, -0.2) is 16.1 Å². The van der Waals surface area contributed by atoms with Gasteiger partial charge in [0.05, 0.1) is 12.1 Å². The second kappa shape index (κ2) is 7.40. The molecule has 0 saturated carbocycles. The van der Waals surface area contributed by atoms with Crippen molar-refractivity contribution < 1.29 is 14.3 Å². The number of aromatic nitrogens is 1. The summed E-state index contributed by atoms with van der Waals surface area (Å²) in [7, 11) is 0. The van der Waals surface area contributed by atoms with Gasteiger partial charge in [-0.2, -0.15) is 0 Å². The number of hydrogen-bond acceptors (Lipinski definition) is 3. The molecule has 0 aliphatic carbocycles. The number of nitrogens with zero attached hydrogens (tertiary/aromatic N) is 1. The molecule has 2 aromatic carbocycles. The highest BCUT2D eigenvalue weighted by Crippen LogP contribution is 2.30. The summed E-state index contributed by atoms with van der Waals surface area (Å²) in [5.41, 5.74) is 3.14. The average molecular weight is 353 g/mol. The predicted molar refractivity (Wildman–Crippen MR) is 99.0 cm³/mol. The Morgan fingerprint density at radius 1 is 1.16 bits per heavy atom. The Hall–Kier alpha value is -2.79. The molecule has 0 radical (unpaired) electrons. The molecule has 126 valence electrons. The number of benzene rings is 2. The maximum Gasteiger partial charge on any atom is 0.308 e. The van der Waals surface area contributed by atoms with Crippen molar-refractivity contribution in [3.8, 4) is 11.3 Å². The average Bonchev–Trinajstić information content (AvgIpc) is 2.97. The van der Waals surface area contributed by atoms with E-state index in [9.17, 15) is 9.18 Å². The van der Waals surface area contributed by atoms with Crippen LogP contribution < -0.4 is 0 Å². The van der Waals surface area contributed by atoms with Gasteiger partial charge in [0.25, 0.3) is 0 Å². The molecule has 0 aliphatic rings. The summed E-state index contributed by atoms with van der Waals surface area (Å²) in [6.07, 6.45) is 3.28. The zero-order chi connectivity index (χ0) is 17.8. The van der Waals surface area contributed by atoms with Crippen molar-refractivity contribution in [2.24, 2.45) is 0 Å². The predicted octanol–water partition coefficient (Wildman–Crippen LogP) is 5.06. The van der Waals surface area contributed by atoms with Gasteiger partial charge in [-0.15, -0.1) is 11.3 Å². The highest BCUT2D eigenvalue weighted by atomic mass is 32.1. The summed E-state index contributed by atoms with van der Waals surface area (Å²) < 4.78 is 13.7. The number of carbonyl (C=O) groups is 1. The molecule has 3 nitrogen and oxygen atoms in total. The third-order valence-electron chi connectivity index (χ3n) is 3.66. The maximum atomic E-state index is 13.7. The van der Waals surface area contributed by atoms with Crippen LogP contribution in [0.15, 0.2) is 48.5 Å². The van der Waals surface area contributed by atoms with Crippen LogP contribution in [0.4, 0.5) is 4.39 Å². The molecule has 1 N–H and O–H groups in total. The lowest BCUT2D eigenvalue weighted by Crippen LogP contribution is -1.99. The van der Waals surface area contributed by atoms with Gasteiger partial charge < -0.3 is 5.11 Å². The normalized spacial score (nSPS) is 11.1. The number of rotatable bonds is 5. The lowest BCUT2D eigenvalue weighted by Gasteiger charge is -2.01. The zero-order valence-corrected chi connectivity index (χ0v) is 14.4. The first-order chi connectivity index (χ1) is 12.0. The van der Waals surface area contributed by atoms with Gasteiger partial charge >= 0.3 is 5.97 Å². The Kier molecular flexibility index (Phi) is 5.05. The number of aliphatic carboxylic acids is 1. The number of aryl methyl sites for hydroxylation is 1. The van der Waals surface area contributed by atoms with Gasteiger partial charge in [-0.3, -0.25) is 4.79 Å². The molecule has 3 aromatic rings. The van der Waals surface area contributed by atoms with Crippen molar-refractivity contribution in [3.05, 3.63) is 75.4 Å². The van der Waals surface area contributed by atoms with Crippen LogP contribution in [0.3, 0.4) is 0 Å². The fourth-order valence-corrected chi connectivity index (χ4v) is 3.39. The van der Waals surface area contributed by atoms with Crippen molar-refractivity contribution >= 4 is 29.5 Å². The van der Waals surface area contributed by atoms with E-state index in [0.717, 1.165) is 11.1 Å². The second-order valence-corrected chi connectivity index (χ2v) is 6.73. The van der Waals surface area contributed by atoms with Gasteiger partial charge in [-0.25, -0.2) is 9.37 Å². The zero-order valence-electron chi connectivity index (χ0n) is 13.6. The van der Waals surface area contributed by atoms with Gasteiger partial charge in [0, 0.05) is 16.0 Å². The standard InChI is InChI=1S/C20H16FNO2S/c1-13-6-8-15(9-7-13)20-17(12-19(23)24)25-18(22-20)11-10-14-4-2-3-5-16(14)21/h2-11H,12H2,1H3,(H,23,24)/b11-10+. The molecule has 0 bridgehead atoms. The molecular weight excluding hydrogens is 337 g/mol. The SMILES string of the molecule is Cc1ccc(-c2nc(/C=C/c3ccccc3F)sc2CC(=O)O)cc1. The molecule has 1 heterocycles. The minimum atomic E-state index is -0.901. The Bertz CT molecular complexity index is 929. The van der Waals surface area contributed by atoms with Crippen molar-refractivity contribution in [2.45, 2.75) is 13.3 Å². The molecule has 0 atom stereocenters. The molecule has 0 saturated heterocycles.